The molecular formula is C15H14FN5O2S. The van der Waals surface area contributed by atoms with Gasteiger partial charge in [0.15, 0.2) is 0 Å². The van der Waals surface area contributed by atoms with Crippen LogP contribution in [0.2, 0.25) is 0 Å². The third kappa shape index (κ3) is 3.80. The molecule has 0 N–H and O–H groups in total. The van der Waals surface area contributed by atoms with Crippen LogP contribution in [0.15, 0.2) is 52.2 Å². The number of benzene rings is 1. The first-order chi connectivity index (χ1) is 11.6. The van der Waals surface area contributed by atoms with Crippen molar-refractivity contribution in [2.45, 2.75) is 11.7 Å². The molecule has 0 radical (unpaired) electrons. The van der Waals surface area contributed by atoms with Crippen LogP contribution in [0.5, 0.6) is 0 Å². The minimum Gasteiger partial charge on any atom is -0.467 e. The summed E-state index contributed by atoms with van der Waals surface area (Å²) >= 11 is 1.19. The summed E-state index contributed by atoms with van der Waals surface area (Å²) in [4.78, 5) is 13.7. The lowest BCUT2D eigenvalue weighted by Gasteiger charge is -2.15. The molecule has 3 rings (SSSR count). The zero-order valence-corrected chi connectivity index (χ0v) is 13.6. The van der Waals surface area contributed by atoms with Gasteiger partial charge in [0.25, 0.3) is 0 Å². The van der Waals surface area contributed by atoms with Gasteiger partial charge in [-0.2, -0.15) is 4.68 Å². The lowest BCUT2D eigenvalue weighted by molar-refractivity contribution is -0.127. The molecule has 0 spiro atoms. The Morgan fingerprint density at radius 3 is 3.00 bits per heavy atom. The molecule has 0 unspecified atom stereocenters. The highest BCUT2D eigenvalue weighted by atomic mass is 32.2. The van der Waals surface area contributed by atoms with Gasteiger partial charge in [0.1, 0.15) is 11.6 Å². The third-order valence-corrected chi connectivity index (χ3v) is 4.12. The van der Waals surface area contributed by atoms with E-state index in [2.05, 4.69) is 15.5 Å². The van der Waals surface area contributed by atoms with Gasteiger partial charge in [0.2, 0.25) is 11.1 Å². The standard InChI is InChI=1S/C15H14FN5O2S/c1-20(9-13-6-3-7-23-13)14(22)10-24-15-17-18-19-21(15)12-5-2-4-11(16)8-12/h2-8H,9-10H2,1H3. The van der Waals surface area contributed by atoms with E-state index in [4.69, 9.17) is 4.42 Å². The van der Waals surface area contributed by atoms with Crippen LogP contribution in [0.25, 0.3) is 5.69 Å². The Balaban J connectivity index is 1.63. The topological polar surface area (TPSA) is 77.1 Å². The van der Waals surface area contributed by atoms with Gasteiger partial charge in [-0.3, -0.25) is 4.79 Å². The van der Waals surface area contributed by atoms with Crippen molar-refractivity contribution in [2.24, 2.45) is 0 Å². The molecule has 2 heterocycles. The van der Waals surface area contributed by atoms with Crippen molar-refractivity contribution in [2.75, 3.05) is 12.8 Å². The highest BCUT2D eigenvalue weighted by molar-refractivity contribution is 7.99. The van der Waals surface area contributed by atoms with Gasteiger partial charge >= 0.3 is 0 Å². The summed E-state index contributed by atoms with van der Waals surface area (Å²) in [6.07, 6.45) is 1.57. The van der Waals surface area contributed by atoms with Crippen LogP contribution in [-0.4, -0.2) is 43.8 Å². The van der Waals surface area contributed by atoms with E-state index in [-0.39, 0.29) is 17.5 Å². The number of tetrazole rings is 1. The number of hydrogen-bond donors (Lipinski definition) is 0. The van der Waals surface area contributed by atoms with E-state index >= 15 is 0 Å². The van der Waals surface area contributed by atoms with Gasteiger partial charge in [-0.15, -0.1) is 5.10 Å². The monoisotopic (exact) mass is 347 g/mol. The molecule has 124 valence electrons. The Hall–Kier alpha value is -2.68. The largest absolute Gasteiger partial charge is 0.467 e. The molecule has 0 atom stereocenters. The van der Waals surface area contributed by atoms with Gasteiger partial charge < -0.3 is 9.32 Å². The summed E-state index contributed by atoms with van der Waals surface area (Å²) in [5, 5.41) is 11.7. The molecule has 7 nitrogen and oxygen atoms in total. The number of hydrogen-bond acceptors (Lipinski definition) is 6. The number of aromatic nitrogens is 4. The van der Waals surface area contributed by atoms with Crippen molar-refractivity contribution < 1.29 is 13.6 Å². The maximum absolute atomic E-state index is 13.3. The van der Waals surface area contributed by atoms with Gasteiger partial charge in [-0.1, -0.05) is 17.8 Å². The van der Waals surface area contributed by atoms with Crippen molar-refractivity contribution in [3.8, 4) is 5.69 Å². The van der Waals surface area contributed by atoms with Crippen molar-refractivity contribution in [3.63, 3.8) is 0 Å². The average Bonchev–Trinajstić information content (AvgIpc) is 3.23. The third-order valence-electron chi connectivity index (χ3n) is 3.22. The molecule has 0 aliphatic heterocycles. The SMILES string of the molecule is CN(Cc1ccco1)C(=O)CSc1nnnn1-c1cccc(F)c1. The first-order valence-electron chi connectivity index (χ1n) is 7.07. The Labute approximate surface area is 141 Å². The summed E-state index contributed by atoms with van der Waals surface area (Å²) < 4.78 is 19.9. The highest BCUT2D eigenvalue weighted by Gasteiger charge is 2.15. The van der Waals surface area contributed by atoms with Crippen LogP contribution in [0.4, 0.5) is 4.39 Å². The lowest BCUT2D eigenvalue weighted by atomic mass is 10.3. The number of thioether (sulfide) groups is 1. The zero-order valence-electron chi connectivity index (χ0n) is 12.8. The number of rotatable bonds is 6. The first kappa shape index (κ1) is 16.2. The van der Waals surface area contributed by atoms with E-state index in [1.165, 1.54) is 28.6 Å². The highest BCUT2D eigenvalue weighted by Crippen LogP contribution is 2.19. The fraction of sp³-hybridized carbons (Fsp3) is 0.200. The summed E-state index contributed by atoms with van der Waals surface area (Å²) in [6, 6.07) is 9.51. The van der Waals surface area contributed by atoms with E-state index in [9.17, 15) is 9.18 Å². The second kappa shape index (κ2) is 7.26. The Bertz CT molecular complexity index is 821. The molecule has 1 aromatic carbocycles. The van der Waals surface area contributed by atoms with Crippen molar-refractivity contribution >= 4 is 17.7 Å². The van der Waals surface area contributed by atoms with E-state index in [0.29, 0.717) is 23.1 Å². The molecule has 0 saturated heterocycles. The Kier molecular flexibility index (Phi) is 4.90. The van der Waals surface area contributed by atoms with Crippen LogP contribution in [0.3, 0.4) is 0 Å². The molecule has 0 bridgehead atoms. The lowest BCUT2D eigenvalue weighted by Crippen LogP contribution is -2.27. The second-order valence-corrected chi connectivity index (χ2v) is 5.91. The van der Waals surface area contributed by atoms with Crippen LogP contribution in [0, 0.1) is 5.82 Å². The molecule has 2 aromatic heterocycles. The van der Waals surface area contributed by atoms with Crippen molar-refractivity contribution in [1.29, 1.82) is 0 Å². The Morgan fingerprint density at radius 1 is 1.38 bits per heavy atom. The predicted molar refractivity (Wildman–Crippen MR) is 85.0 cm³/mol. The number of amides is 1. The zero-order chi connectivity index (χ0) is 16.9. The summed E-state index contributed by atoms with van der Waals surface area (Å²) in [6.45, 7) is 0.390. The summed E-state index contributed by atoms with van der Waals surface area (Å²) in [5.41, 5.74) is 0.499. The fourth-order valence-electron chi connectivity index (χ4n) is 2.00. The van der Waals surface area contributed by atoms with Crippen LogP contribution >= 0.6 is 11.8 Å². The summed E-state index contributed by atoms with van der Waals surface area (Å²) in [5.74, 6) is 0.395. The van der Waals surface area contributed by atoms with Gasteiger partial charge in [-0.05, 0) is 40.8 Å². The van der Waals surface area contributed by atoms with E-state index < -0.39 is 0 Å². The van der Waals surface area contributed by atoms with Gasteiger partial charge in [-0.25, -0.2) is 4.39 Å². The number of furan rings is 1. The molecule has 0 saturated carbocycles. The normalized spacial score (nSPS) is 10.8. The second-order valence-electron chi connectivity index (χ2n) is 4.97. The molecule has 9 heteroatoms. The van der Waals surface area contributed by atoms with Crippen LogP contribution in [-0.2, 0) is 11.3 Å². The minimum absolute atomic E-state index is 0.0924. The van der Waals surface area contributed by atoms with E-state index in [1.807, 2.05) is 0 Å². The van der Waals surface area contributed by atoms with Gasteiger partial charge in [0.05, 0.1) is 24.2 Å². The minimum atomic E-state index is -0.381. The number of nitrogens with zero attached hydrogens (tertiary/aromatic N) is 5. The van der Waals surface area contributed by atoms with Crippen molar-refractivity contribution in [3.05, 3.63) is 54.2 Å². The maximum atomic E-state index is 13.3. The summed E-state index contributed by atoms with van der Waals surface area (Å²) in [7, 11) is 1.70. The molecule has 0 aliphatic carbocycles. The average molecular weight is 347 g/mol. The van der Waals surface area contributed by atoms with E-state index in [0.717, 1.165) is 0 Å². The van der Waals surface area contributed by atoms with Crippen LogP contribution < -0.4 is 0 Å². The first-order valence-corrected chi connectivity index (χ1v) is 8.05. The molecule has 1 amide bonds. The molecular weight excluding hydrogens is 333 g/mol. The fourth-order valence-corrected chi connectivity index (χ4v) is 2.83. The maximum Gasteiger partial charge on any atom is 0.233 e. The predicted octanol–water partition coefficient (Wildman–Crippen LogP) is 2.15. The Morgan fingerprint density at radius 2 is 2.25 bits per heavy atom. The quantitative estimate of drug-likeness (QED) is 0.636. The molecule has 24 heavy (non-hydrogen) atoms. The molecule has 0 fully saturated rings. The smallest absolute Gasteiger partial charge is 0.233 e. The number of carbonyl (C=O) groups is 1. The molecule has 0 aliphatic rings. The molecule has 3 aromatic rings. The number of halogens is 1. The van der Waals surface area contributed by atoms with Gasteiger partial charge in [0, 0.05) is 7.05 Å². The van der Waals surface area contributed by atoms with E-state index in [1.54, 1.807) is 42.5 Å². The van der Waals surface area contributed by atoms with Crippen LogP contribution in [0.1, 0.15) is 5.76 Å². The van der Waals surface area contributed by atoms with Crippen molar-refractivity contribution in [1.82, 2.24) is 25.1 Å². The number of carbonyl (C=O) groups excluding carboxylic acids is 1.